The van der Waals surface area contributed by atoms with E-state index in [1.54, 1.807) is 30.5 Å². The second-order valence-corrected chi connectivity index (χ2v) is 8.96. The molecular weight excluding hydrogens is 436 g/mol. The summed E-state index contributed by atoms with van der Waals surface area (Å²) in [6, 6.07) is 18.8. The fourth-order valence-electron chi connectivity index (χ4n) is 3.34. The first-order valence-corrected chi connectivity index (χ1v) is 11.4. The molecule has 1 atom stereocenters. The van der Waals surface area contributed by atoms with Crippen LogP contribution in [0.2, 0.25) is 0 Å². The summed E-state index contributed by atoms with van der Waals surface area (Å²) in [5.41, 5.74) is 3.21. The predicted octanol–water partition coefficient (Wildman–Crippen LogP) is 5.22. The van der Waals surface area contributed by atoms with Gasteiger partial charge in [-0.3, -0.25) is 14.2 Å². The van der Waals surface area contributed by atoms with Crippen molar-refractivity contribution in [1.29, 1.82) is 0 Å². The van der Waals surface area contributed by atoms with Gasteiger partial charge in [0.2, 0.25) is 5.91 Å². The number of hydrogen-bond acceptors (Lipinski definition) is 6. The molecule has 0 aliphatic carbocycles. The van der Waals surface area contributed by atoms with E-state index in [2.05, 4.69) is 15.5 Å². The number of aromatic nitrogens is 3. The zero-order valence-electron chi connectivity index (χ0n) is 18.6. The molecule has 168 valence electrons. The van der Waals surface area contributed by atoms with Crippen molar-refractivity contribution in [2.24, 2.45) is 0 Å². The molecule has 8 heteroatoms. The lowest BCUT2D eigenvalue weighted by Crippen LogP contribution is -2.23. The number of furan rings is 1. The highest BCUT2D eigenvalue weighted by molar-refractivity contribution is 8.00. The van der Waals surface area contributed by atoms with Crippen molar-refractivity contribution in [1.82, 2.24) is 14.8 Å². The second kappa shape index (κ2) is 9.87. The van der Waals surface area contributed by atoms with E-state index in [1.807, 2.05) is 54.8 Å². The Labute approximate surface area is 196 Å². The number of hydrogen-bond donors (Lipinski definition) is 1. The van der Waals surface area contributed by atoms with Crippen LogP contribution in [0.4, 0.5) is 5.69 Å². The third-order valence-electron chi connectivity index (χ3n) is 5.21. The molecule has 0 aliphatic heterocycles. The summed E-state index contributed by atoms with van der Waals surface area (Å²) in [5, 5.41) is 11.9. The average Bonchev–Trinajstić information content (AvgIpc) is 3.40. The normalized spacial score (nSPS) is 11.8. The van der Waals surface area contributed by atoms with Gasteiger partial charge in [0.1, 0.15) is 5.76 Å². The summed E-state index contributed by atoms with van der Waals surface area (Å²) >= 11 is 1.34. The molecule has 0 fully saturated rings. The van der Waals surface area contributed by atoms with Gasteiger partial charge in [0, 0.05) is 11.3 Å². The summed E-state index contributed by atoms with van der Waals surface area (Å²) in [4.78, 5) is 24.3. The van der Waals surface area contributed by atoms with E-state index < -0.39 is 5.25 Å². The third-order valence-corrected chi connectivity index (χ3v) is 6.29. The minimum Gasteiger partial charge on any atom is -0.469 e. The number of benzene rings is 2. The van der Waals surface area contributed by atoms with E-state index in [1.165, 1.54) is 18.7 Å². The monoisotopic (exact) mass is 460 g/mol. The van der Waals surface area contributed by atoms with Crippen molar-refractivity contribution < 1.29 is 14.0 Å². The summed E-state index contributed by atoms with van der Waals surface area (Å²) in [6.45, 7) is 5.79. The molecule has 1 amide bonds. The van der Waals surface area contributed by atoms with Crippen LogP contribution in [0.1, 0.15) is 35.5 Å². The highest BCUT2D eigenvalue weighted by Gasteiger charge is 2.22. The lowest BCUT2D eigenvalue weighted by molar-refractivity contribution is -0.115. The molecule has 0 bridgehead atoms. The molecule has 1 unspecified atom stereocenters. The Balaban J connectivity index is 1.55. The van der Waals surface area contributed by atoms with Crippen molar-refractivity contribution in [3.63, 3.8) is 0 Å². The van der Waals surface area contributed by atoms with Gasteiger partial charge in [-0.05, 0) is 56.7 Å². The first-order valence-electron chi connectivity index (χ1n) is 10.5. The van der Waals surface area contributed by atoms with Crippen LogP contribution in [0.15, 0.2) is 76.5 Å². The van der Waals surface area contributed by atoms with Crippen LogP contribution in [0.25, 0.3) is 11.4 Å². The molecule has 1 N–H and O–H groups in total. The van der Waals surface area contributed by atoms with Crippen molar-refractivity contribution in [2.45, 2.75) is 37.7 Å². The first-order chi connectivity index (χ1) is 15.9. The lowest BCUT2D eigenvalue weighted by Gasteiger charge is -2.14. The predicted molar refractivity (Wildman–Crippen MR) is 128 cm³/mol. The standard InChI is InChI=1S/C25H24N4O3S/c1-16(30)20-9-11-21(12-10-20)26-24(31)18(3)33-25-28-27-23(22-13-14-32-17(22)2)29(25)15-19-7-5-4-6-8-19/h4-14,18H,15H2,1-3H3,(H,26,31). The van der Waals surface area contributed by atoms with Gasteiger partial charge in [-0.2, -0.15) is 0 Å². The molecule has 4 aromatic rings. The van der Waals surface area contributed by atoms with Crippen molar-refractivity contribution in [3.05, 3.63) is 83.8 Å². The van der Waals surface area contributed by atoms with Crippen LogP contribution in [-0.2, 0) is 11.3 Å². The van der Waals surface area contributed by atoms with E-state index in [0.29, 0.717) is 28.8 Å². The zero-order chi connectivity index (χ0) is 23.4. The molecule has 2 heterocycles. The van der Waals surface area contributed by atoms with Gasteiger partial charge in [0.25, 0.3) is 0 Å². The lowest BCUT2D eigenvalue weighted by atomic mass is 10.1. The Morgan fingerprint density at radius 3 is 2.42 bits per heavy atom. The van der Waals surface area contributed by atoms with Gasteiger partial charge in [-0.1, -0.05) is 42.1 Å². The van der Waals surface area contributed by atoms with Gasteiger partial charge in [0.05, 0.1) is 23.6 Å². The second-order valence-electron chi connectivity index (χ2n) is 7.65. The zero-order valence-corrected chi connectivity index (χ0v) is 19.4. The molecule has 33 heavy (non-hydrogen) atoms. The van der Waals surface area contributed by atoms with Crippen molar-refractivity contribution >= 4 is 29.1 Å². The number of aryl methyl sites for hydroxylation is 1. The summed E-state index contributed by atoms with van der Waals surface area (Å²) < 4.78 is 7.47. The Kier molecular flexibility index (Phi) is 6.74. The molecule has 7 nitrogen and oxygen atoms in total. The number of carbonyl (C=O) groups is 2. The highest BCUT2D eigenvalue weighted by Crippen LogP contribution is 2.30. The van der Waals surface area contributed by atoms with Gasteiger partial charge in [-0.25, -0.2) is 0 Å². The fraction of sp³-hybridized carbons (Fsp3) is 0.200. The largest absolute Gasteiger partial charge is 0.469 e. The van der Waals surface area contributed by atoms with E-state index >= 15 is 0 Å². The maximum atomic E-state index is 12.8. The number of carbonyl (C=O) groups excluding carboxylic acids is 2. The molecule has 0 aliphatic rings. The van der Waals surface area contributed by atoms with E-state index in [9.17, 15) is 9.59 Å². The van der Waals surface area contributed by atoms with Gasteiger partial charge < -0.3 is 9.73 Å². The maximum Gasteiger partial charge on any atom is 0.237 e. The number of Topliss-reactive ketones (excluding diaryl/α,β-unsaturated/α-hetero) is 1. The molecular formula is C25H24N4O3S. The minimum absolute atomic E-state index is 0.0155. The van der Waals surface area contributed by atoms with E-state index in [0.717, 1.165) is 16.9 Å². The number of ketones is 1. The molecule has 0 saturated heterocycles. The van der Waals surface area contributed by atoms with Crippen LogP contribution in [0.3, 0.4) is 0 Å². The fourth-order valence-corrected chi connectivity index (χ4v) is 4.19. The van der Waals surface area contributed by atoms with Crippen LogP contribution in [-0.4, -0.2) is 31.7 Å². The van der Waals surface area contributed by atoms with Gasteiger partial charge >= 0.3 is 0 Å². The SMILES string of the molecule is CC(=O)c1ccc(NC(=O)C(C)Sc2nnc(-c3ccoc3C)n2Cc2ccccc2)cc1. The van der Waals surface area contributed by atoms with Crippen LogP contribution < -0.4 is 5.32 Å². The van der Waals surface area contributed by atoms with E-state index in [-0.39, 0.29) is 11.7 Å². The number of nitrogens with zero attached hydrogens (tertiary/aromatic N) is 3. The maximum absolute atomic E-state index is 12.8. The number of thioether (sulfide) groups is 1. The highest BCUT2D eigenvalue weighted by atomic mass is 32.2. The quantitative estimate of drug-likeness (QED) is 0.287. The summed E-state index contributed by atoms with van der Waals surface area (Å²) in [6.07, 6.45) is 1.63. The molecule has 0 radical (unpaired) electrons. The number of nitrogens with one attached hydrogen (secondary N) is 1. The smallest absolute Gasteiger partial charge is 0.237 e. The van der Waals surface area contributed by atoms with Gasteiger partial charge in [-0.15, -0.1) is 10.2 Å². The average molecular weight is 461 g/mol. The van der Waals surface area contributed by atoms with Crippen molar-refractivity contribution in [3.8, 4) is 11.4 Å². The summed E-state index contributed by atoms with van der Waals surface area (Å²) in [7, 11) is 0. The Morgan fingerprint density at radius 2 is 1.79 bits per heavy atom. The van der Waals surface area contributed by atoms with Gasteiger partial charge in [0.15, 0.2) is 16.8 Å². The Morgan fingerprint density at radius 1 is 1.06 bits per heavy atom. The van der Waals surface area contributed by atoms with Crippen LogP contribution in [0.5, 0.6) is 0 Å². The van der Waals surface area contributed by atoms with E-state index in [4.69, 9.17) is 4.42 Å². The Bertz CT molecular complexity index is 1260. The third kappa shape index (κ3) is 5.23. The Hall–Kier alpha value is -3.65. The molecule has 2 aromatic carbocycles. The molecule has 0 spiro atoms. The molecule has 0 saturated carbocycles. The van der Waals surface area contributed by atoms with Crippen LogP contribution in [0, 0.1) is 6.92 Å². The summed E-state index contributed by atoms with van der Waals surface area (Å²) in [5.74, 6) is 1.28. The van der Waals surface area contributed by atoms with Crippen molar-refractivity contribution in [2.75, 3.05) is 5.32 Å². The minimum atomic E-state index is -0.422. The van der Waals surface area contributed by atoms with Crippen LogP contribution >= 0.6 is 11.8 Å². The number of amides is 1. The molecule has 4 rings (SSSR count). The molecule has 2 aromatic heterocycles. The number of anilines is 1. The first kappa shape index (κ1) is 22.5. The topological polar surface area (TPSA) is 90.0 Å². The number of rotatable bonds is 8.